The second-order valence-electron chi connectivity index (χ2n) is 7.26. The summed E-state index contributed by atoms with van der Waals surface area (Å²) in [5.41, 5.74) is 9.49. The molecule has 1 aliphatic rings. The molecule has 0 saturated carbocycles. The summed E-state index contributed by atoms with van der Waals surface area (Å²) in [6.07, 6.45) is 0.920. The Morgan fingerprint density at radius 2 is 1.89 bits per heavy atom. The van der Waals surface area contributed by atoms with E-state index in [0.29, 0.717) is 12.5 Å². The molecule has 2 aromatic carbocycles. The van der Waals surface area contributed by atoms with Crippen molar-refractivity contribution in [1.29, 1.82) is 0 Å². The van der Waals surface area contributed by atoms with Crippen LogP contribution in [0.5, 0.6) is 5.75 Å². The van der Waals surface area contributed by atoms with E-state index in [-0.39, 0.29) is 11.7 Å². The minimum absolute atomic E-state index is 0.0366. The van der Waals surface area contributed by atoms with Crippen molar-refractivity contribution < 1.29 is 4.74 Å². The van der Waals surface area contributed by atoms with Crippen molar-refractivity contribution in [3.63, 3.8) is 0 Å². The molecule has 6 nitrogen and oxygen atoms in total. The molecule has 27 heavy (non-hydrogen) atoms. The monoisotopic (exact) mass is 366 g/mol. The highest BCUT2D eigenvalue weighted by atomic mass is 16.5. The molecule has 0 bridgehead atoms. The summed E-state index contributed by atoms with van der Waals surface area (Å²) >= 11 is 0. The number of aromatic nitrogens is 2. The predicted molar refractivity (Wildman–Crippen MR) is 107 cm³/mol. The van der Waals surface area contributed by atoms with E-state index in [1.807, 2.05) is 41.0 Å². The number of ether oxygens (including phenoxy) is 1. The number of methoxy groups -OCH3 is 1. The average molecular weight is 366 g/mol. The van der Waals surface area contributed by atoms with Crippen LogP contribution in [0, 0.1) is 0 Å². The van der Waals surface area contributed by atoms with Gasteiger partial charge in [-0.1, -0.05) is 24.3 Å². The molecule has 0 unspecified atom stereocenters. The number of para-hydroxylation sites is 2. The summed E-state index contributed by atoms with van der Waals surface area (Å²) in [6, 6.07) is 16.2. The maximum Gasteiger partial charge on any atom is 0.326 e. The van der Waals surface area contributed by atoms with Crippen molar-refractivity contribution in [3.05, 3.63) is 64.6 Å². The smallest absolute Gasteiger partial charge is 0.326 e. The van der Waals surface area contributed by atoms with Gasteiger partial charge in [-0.15, -0.1) is 0 Å². The highest BCUT2D eigenvalue weighted by Gasteiger charge is 2.30. The quantitative estimate of drug-likeness (QED) is 0.701. The number of hydrogen-bond acceptors (Lipinski definition) is 4. The summed E-state index contributed by atoms with van der Waals surface area (Å²) in [7, 11) is 1.68. The first-order valence-corrected chi connectivity index (χ1v) is 9.45. The molecule has 0 amide bonds. The van der Waals surface area contributed by atoms with Crippen LogP contribution >= 0.6 is 0 Å². The van der Waals surface area contributed by atoms with Gasteiger partial charge in [-0.05, 0) is 42.8 Å². The molecule has 1 aliphatic heterocycles. The fourth-order valence-electron chi connectivity index (χ4n) is 4.08. The topological polar surface area (TPSA) is 76.3 Å². The van der Waals surface area contributed by atoms with Gasteiger partial charge in [0.05, 0.1) is 18.1 Å². The van der Waals surface area contributed by atoms with Crippen molar-refractivity contribution in [2.24, 2.45) is 5.73 Å². The zero-order valence-corrected chi connectivity index (χ0v) is 15.6. The maximum absolute atomic E-state index is 12.2. The molecule has 1 fully saturated rings. The van der Waals surface area contributed by atoms with Crippen molar-refractivity contribution in [3.8, 4) is 5.75 Å². The summed E-state index contributed by atoms with van der Waals surface area (Å²) in [5, 5.41) is 0. The van der Waals surface area contributed by atoms with Gasteiger partial charge in [0, 0.05) is 31.6 Å². The molecule has 4 rings (SSSR count). The molecule has 0 aliphatic carbocycles. The van der Waals surface area contributed by atoms with E-state index in [9.17, 15) is 4.79 Å². The molecule has 2 heterocycles. The molecule has 3 N–H and O–H groups in total. The zero-order chi connectivity index (χ0) is 18.8. The highest BCUT2D eigenvalue weighted by molar-refractivity contribution is 5.74. The minimum Gasteiger partial charge on any atom is -0.497 e. The number of benzene rings is 2. The van der Waals surface area contributed by atoms with Crippen LogP contribution < -0.4 is 16.2 Å². The van der Waals surface area contributed by atoms with Crippen LogP contribution in [-0.2, 0) is 6.54 Å². The largest absolute Gasteiger partial charge is 0.497 e. The van der Waals surface area contributed by atoms with Gasteiger partial charge in [-0.25, -0.2) is 4.79 Å². The highest BCUT2D eigenvalue weighted by Crippen LogP contribution is 2.28. The Morgan fingerprint density at radius 3 is 2.67 bits per heavy atom. The Morgan fingerprint density at radius 1 is 1.11 bits per heavy atom. The van der Waals surface area contributed by atoms with Gasteiger partial charge in [0.15, 0.2) is 0 Å². The van der Waals surface area contributed by atoms with Gasteiger partial charge in [-0.3, -0.25) is 4.57 Å². The van der Waals surface area contributed by atoms with E-state index < -0.39 is 0 Å². The van der Waals surface area contributed by atoms with Crippen LogP contribution in [0.4, 0.5) is 0 Å². The number of fused-ring (bicyclic) bond motifs is 1. The third kappa shape index (κ3) is 3.63. The second kappa shape index (κ2) is 7.58. The Bertz CT molecular complexity index is 960. The fourth-order valence-corrected chi connectivity index (χ4v) is 4.08. The standard InChI is InChI=1S/C21H26N4O2/c1-27-16-9-7-15(8-10-16)17-13-24(14-18(17)22)11-4-12-25-20-6-3-2-5-19(20)23-21(25)26/h2-3,5-10,17-18H,4,11-14,22H2,1H3,(H,23,26)/t17-,18+/m0/s1. The fraction of sp³-hybridized carbons (Fsp3) is 0.381. The second-order valence-corrected chi connectivity index (χ2v) is 7.26. The van der Waals surface area contributed by atoms with Crippen LogP contribution in [0.25, 0.3) is 11.0 Å². The summed E-state index contributed by atoms with van der Waals surface area (Å²) in [6.45, 7) is 3.49. The van der Waals surface area contributed by atoms with Crippen molar-refractivity contribution >= 4 is 11.0 Å². The molecule has 0 radical (unpaired) electrons. The lowest BCUT2D eigenvalue weighted by Gasteiger charge is -2.16. The SMILES string of the molecule is COc1ccc([C@@H]2CN(CCCn3c(=O)[nH]c4ccccc43)C[C@H]2N)cc1. The lowest BCUT2D eigenvalue weighted by molar-refractivity contribution is 0.318. The first-order chi connectivity index (χ1) is 13.2. The summed E-state index contributed by atoms with van der Waals surface area (Å²) in [4.78, 5) is 17.5. The van der Waals surface area contributed by atoms with Gasteiger partial charge in [0.2, 0.25) is 0 Å². The normalized spacial score (nSPS) is 20.4. The lowest BCUT2D eigenvalue weighted by atomic mass is 9.95. The molecule has 6 heteroatoms. The molecule has 142 valence electrons. The number of nitrogens with two attached hydrogens (primary N) is 1. The number of rotatable bonds is 6. The number of nitrogens with zero attached hydrogens (tertiary/aromatic N) is 2. The van der Waals surface area contributed by atoms with E-state index in [4.69, 9.17) is 10.5 Å². The first kappa shape index (κ1) is 17.8. The number of aryl methyl sites for hydroxylation is 1. The number of likely N-dealkylation sites (tertiary alicyclic amines) is 1. The minimum atomic E-state index is -0.0366. The molecule has 1 saturated heterocycles. The van der Waals surface area contributed by atoms with Crippen molar-refractivity contribution in [2.45, 2.75) is 24.9 Å². The molecule has 2 atom stereocenters. The molecular formula is C21H26N4O2. The van der Waals surface area contributed by atoms with Crippen LogP contribution in [-0.4, -0.2) is 47.2 Å². The molecule has 0 spiro atoms. The van der Waals surface area contributed by atoms with E-state index in [1.165, 1.54) is 5.56 Å². The Balaban J connectivity index is 1.36. The van der Waals surface area contributed by atoms with Gasteiger partial charge in [0.1, 0.15) is 5.75 Å². The Labute approximate surface area is 158 Å². The van der Waals surface area contributed by atoms with Crippen molar-refractivity contribution in [2.75, 3.05) is 26.7 Å². The van der Waals surface area contributed by atoms with Crippen LogP contribution in [0.2, 0.25) is 0 Å². The van der Waals surface area contributed by atoms with Gasteiger partial charge >= 0.3 is 5.69 Å². The van der Waals surface area contributed by atoms with E-state index >= 15 is 0 Å². The Hall–Kier alpha value is -2.57. The van der Waals surface area contributed by atoms with Crippen LogP contribution in [0.1, 0.15) is 17.9 Å². The first-order valence-electron chi connectivity index (χ1n) is 9.45. The van der Waals surface area contributed by atoms with E-state index in [2.05, 4.69) is 22.0 Å². The number of nitrogens with one attached hydrogen (secondary N) is 1. The van der Waals surface area contributed by atoms with Gasteiger partial charge < -0.3 is 20.4 Å². The molecule has 3 aromatic rings. The predicted octanol–water partition coefficient (Wildman–Crippen LogP) is 2.15. The number of aromatic amines is 1. The Kier molecular flexibility index (Phi) is 5.01. The van der Waals surface area contributed by atoms with Crippen LogP contribution in [0.15, 0.2) is 53.3 Å². The molecular weight excluding hydrogens is 340 g/mol. The third-order valence-corrected chi connectivity index (χ3v) is 5.52. The summed E-state index contributed by atoms with van der Waals surface area (Å²) in [5.74, 6) is 1.21. The van der Waals surface area contributed by atoms with E-state index in [1.54, 1.807) is 7.11 Å². The zero-order valence-electron chi connectivity index (χ0n) is 15.6. The van der Waals surface area contributed by atoms with Crippen molar-refractivity contribution in [1.82, 2.24) is 14.5 Å². The third-order valence-electron chi connectivity index (χ3n) is 5.52. The number of hydrogen-bond donors (Lipinski definition) is 2. The molecule has 1 aromatic heterocycles. The average Bonchev–Trinajstić information content (AvgIpc) is 3.21. The number of H-pyrrole nitrogens is 1. The van der Waals surface area contributed by atoms with Crippen LogP contribution in [0.3, 0.4) is 0 Å². The maximum atomic E-state index is 12.2. The van der Waals surface area contributed by atoms with E-state index in [0.717, 1.165) is 42.8 Å². The van der Waals surface area contributed by atoms with Gasteiger partial charge in [0.25, 0.3) is 0 Å². The summed E-state index contributed by atoms with van der Waals surface area (Å²) < 4.78 is 7.06. The van der Waals surface area contributed by atoms with Gasteiger partial charge in [-0.2, -0.15) is 0 Å². The number of imidazole rings is 1. The lowest BCUT2D eigenvalue weighted by Crippen LogP contribution is -2.29.